The Hall–Kier alpha value is -2.04. The predicted molar refractivity (Wildman–Crippen MR) is 101 cm³/mol. The van der Waals surface area contributed by atoms with Gasteiger partial charge in [-0.25, -0.2) is 8.42 Å². The molecular weight excluding hydrogens is 372 g/mol. The summed E-state index contributed by atoms with van der Waals surface area (Å²) in [5.41, 5.74) is 3.64. The molecule has 1 aliphatic carbocycles. The first-order chi connectivity index (χ1) is 12.9. The van der Waals surface area contributed by atoms with Crippen LogP contribution in [0, 0.1) is 16.0 Å². The molecule has 0 bridgehead atoms. The van der Waals surface area contributed by atoms with Crippen LogP contribution in [0.5, 0.6) is 0 Å². The Morgan fingerprint density at radius 2 is 2.04 bits per heavy atom. The maximum atomic E-state index is 12.7. The number of nitro groups is 1. The molecule has 1 saturated heterocycles. The highest BCUT2D eigenvalue weighted by Crippen LogP contribution is 2.30. The van der Waals surface area contributed by atoms with Crippen LogP contribution in [0.25, 0.3) is 0 Å². The van der Waals surface area contributed by atoms with Crippen molar-refractivity contribution in [2.24, 2.45) is 11.0 Å². The summed E-state index contributed by atoms with van der Waals surface area (Å²) in [5, 5.41) is 15.8. The summed E-state index contributed by atoms with van der Waals surface area (Å²) < 4.78 is 31.9. The van der Waals surface area contributed by atoms with E-state index in [1.54, 1.807) is 0 Å². The molecule has 3 rings (SSSR count). The van der Waals surface area contributed by atoms with Gasteiger partial charge in [-0.05, 0) is 37.3 Å². The number of sulfonamides is 1. The number of hydrogen-bond acceptors (Lipinski definition) is 7. The Balaban J connectivity index is 1.86. The lowest BCUT2D eigenvalue weighted by Crippen LogP contribution is -2.40. The summed E-state index contributed by atoms with van der Waals surface area (Å²) in [7, 11) is -3.79. The lowest BCUT2D eigenvalue weighted by molar-refractivity contribution is -0.384. The molecule has 1 saturated carbocycles. The summed E-state index contributed by atoms with van der Waals surface area (Å²) in [5.74, 6) is 0.339. The van der Waals surface area contributed by atoms with E-state index in [4.69, 9.17) is 4.74 Å². The molecule has 9 nitrogen and oxygen atoms in total. The van der Waals surface area contributed by atoms with Crippen LogP contribution in [0.3, 0.4) is 0 Å². The minimum Gasteiger partial charge on any atom is -0.379 e. The molecule has 1 N–H and O–H groups in total. The van der Waals surface area contributed by atoms with Gasteiger partial charge in [0.1, 0.15) is 5.69 Å². The molecule has 1 aromatic carbocycles. The van der Waals surface area contributed by atoms with Crippen LogP contribution in [0.1, 0.15) is 32.6 Å². The van der Waals surface area contributed by atoms with E-state index in [0.29, 0.717) is 19.1 Å². The third kappa shape index (κ3) is 4.45. The number of ether oxygens (including phenoxy) is 1. The molecule has 0 radical (unpaired) electrons. The Morgan fingerprint density at radius 1 is 1.30 bits per heavy atom. The van der Waals surface area contributed by atoms with Crippen LogP contribution in [0.15, 0.2) is 28.2 Å². The number of benzene rings is 1. The fourth-order valence-electron chi connectivity index (χ4n) is 3.32. The second kappa shape index (κ2) is 8.32. The minimum atomic E-state index is -3.79. The van der Waals surface area contributed by atoms with Crippen LogP contribution in [-0.4, -0.2) is 49.7 Å². The van der Waals surface area contributed by atoms with E-state index in [2.05, 4.69) is 17.5 Å². The fraction of sp³-hybridized carbons (Fsp3) is 0.588. The third-order valence-electron chi connectivity index (χ3n) is 4.98. The monoisotopic (exact) mass is 396 g/mol. The van der Waals surface area contributed by atoms with Crippen LogP contribution < -0.4 is 5.43 Å². The minimum absolute atomic E-state index is 0.0969. The number of hydrogen-bond donors (Lipinski definition) is 1. The van der Waals surface area contributed by atoms with Gasteiger partial charge in [-0.2, -0.15) is 9.41 Å². The van der Waals surface area contributed by atoms with Crippen molar-refractivity contribution in [3.63, 3.8) is 0 Å². The number of anilines is 1. The second-order valence-electron chi connectivity index (χ2n) is 6.81. The first kappa shape index (κ1) is 19.7. The summed E-state index contributed by atoms with van der Waals surface area (Å²) >= 11 is 0. The van der Waals surface area contributed by atoms with E-state index in [1.165, 1.54) is 16.4 Å². The van der Waals surface area contributed by atoms with Crippen LogP contribution in [0.2, 0.25) is 0 Å². The van der Waals surface area contributed by atoms with Crippen molar-refractivity contribution in [2.75, 3.05) is 31.7 Å². The van der Waals surface area contributed by atoms with E-state index in [9.17, 15) is 18.5 Å². The predicted octanol–water partition coefficient (Wildman–Crippen LogP) is 2.59. The molecule has 1 aliphatic heterocycles. The van der Waals surface area contributed by atoms with Gasteiger partial charge in [0, 0.05) is 24.9 Å². The maximum absolute atomic E-state index is 12.7. The SMILES string of the molecule is CC1CCCC/C1=N\Nc1ccc(S(=O)(=O)N2CCOCC2)cc1[N+](=O)[O-]. The van der Waals surface area contributed by atoms with Gasteiger partial charge in [0.25, 0.3) is 5.69 Å². The summed E-state index contributed by atoms with van der Waals surface area (Å²) in [4.78, 5) is 10.8. The number of rotatable bonds is 5. The molecule has 0 amide bonds. The van der Waals surface area contributed by atoms with E-state index < -0.39 is 14.9 Å². The van der Waals surface area contributed by atoms with Crippen molar-refractivity contribution in [3.05, 3.63) is 28.3 Å². The zero-order valence-corrected chi connectivity index (χ0v) is 16.1. The first-order valence-corrected chi connectivity index (χ1v) is 10.5. The lowest BCUT2D eigenvalue weighted by atomic mass is 9.89. The van der Waals surface area contributed by atoms with Crippen molar-refractivity contribution in [2.45, 2.75) is 37.5 Å². The number of hydrazone groups is 1. The largest absolute Gasteiger partial charge is 0.379 e. The van der Waals surface area contributed by atoms with Gasteiger partial charge < -0.3 is 4.74 Å². The third-order valence-corrected chi connectivity index (χ3v) is 6.88. The Morgan fingerprint density at radius 3 is 2.70 bits per heavy atom. The molecule has 1 unspecified atom stereocenters. The zero-order valence-electron chi connectivity index (χ0n) is 15.3. The molecule has 2 aliphatic rings. The zero-order chi connectivity index (χ0) is 19.4. The van der Waals surface area contributed by atoms with Gasteiger partial charge >= 0.3 is 0 Å². The number of nitrogens with one attached hydrogen (secondary N) is 1. The summed E-state index contributed by atoms with van der Waals surface area (Å²) in [6, 6.07) is 3.88. The average molecular weight is 396 g/mol. The standard InChI is InChI=1S/C17H24N4O5S/c1-13-4-2-3-5-15(13)18-19-16-7-6-14(12-17(16)21(22)23)27(24,25)20-8-10-26-11-9-20/h6-7,12-13,19H,2-5,8-11H2,1H3/b18-15+. The molecule has 1 heterocycles. The quantitative estimate of drug-likeness (QED) is 0.604. The first-order valence-electron chi connectivity index (χ1n) is 9.08. The van der Waals surface area contributed by atoms with Gasteiger partial charge in [0.05, 0.1) is 23.0 Å². The Bertz CT molecular complexity index is 834. The normalized spacial score (nSPS) is 23.3. The highest BCUT2D eigenvalue weighted by molar-refractivity contribution is 7.89. The maximum Gasteiger partial charge on any atom is 0.295 e. The highest BCUT2D eigenvalue weighted by Gasteiger charge is 2.29. The van der Waals surface area contributed by atoms with Gasteiger partial charge in [-0.3, -0.25) is 15.5 Å². The molecule has 2 fully saturated rings. The van der Waals surface area contributed by atoms with E-state index in [-0.39, 0.29) is 29.4 Å². The van der Waals surface area contributed by atoms with Gasteiger partial charge in [-0.15, -0.1) is 0 Å². The Kier molecular flexibility index (Phi) is 6.08. The molecule has 1 aromatic rings. The molecule has 148 valence electrons. The molecular formula is C17H24N4O5S. The highest BCUT2D eigenvalue weighted by atomic mass is 32.2. The van der Waals surface area contributed by atoms with E-state index in [1.807, 2.05) is 0 Å². The second-order valence-corrected chi connectivity index (χ2v) is 8.75. The average Bonchev–Trinajstić information content (AvgIpc) is 2.68. The van der Waals surface area contributed by atoms with Crippen molar-refractivity contribution >= 4 is 27.1 Å². The number of nitrogens with zero attached hydrogens (tertiary/aromatic N) is 3. The number of morpholine rings is 1. The van der Waals surface area contributed by atoms with Gasteiger partial charge in [-0.1, -0.05) is 13.3 Å². The van der Waals surface area contributed by atoms with Crippen LogP contribution in [-0.2, 0) is 14.8 Å². The van der Waals surface area contributed by atoms with Crippen LogP contribution >= 0.6 is 0 Å². The Labute approximate surface area is 158 Å². The smallest absolute Gasteiger partial charge is 0.295 e. The molecule has 0 aromatic heterocycles. The van der Waals surface area contributed by atoms with Crippen molar-refractivity contribution in [1.29, 1.82) is 0 Å². The molecule has 27 heavy (non-hydrogen) atoms. The van der Waals surface area contributed by atoms with Crippen molar-refractivity contribution < 1.29 is 18.1 Å². The van der Waals surface area contributed by atoms with Crippen LogP contribution in [0.4, 0.5) is 11.4 Å². The van der Waals surface area contributed by atoms with Gasteiger partial charge in [0.15, 0.2) is 0 Å². The fourth-order valence-corrected chi connectivity index (χ4v) is 4.75. The number of nitro benzene ring substituents is 1. The molecule has 10 heteroatoms. The van der Waals surface area contributed by atoms with Crippen molar-refractivity contribution in [1.82, 2.24) is 4.31 Å². The summed E-state index contributed by atoms with van der Waals surface area (Å²) in [6.07, 6.45) is 4.14. The van der Waals surface area contributed by atoms with Gasteiger partial charge in [0.2, 0.25) is 10.0 Å². The topological polar surface area (TPSA) is 114 Å². The lowest BCUT2D eigenvalue weighted by Gasteiger charge is -2.26. The molecule has 1 atom stereocenters. The van der Waals surface area contributed by atoms with E-state index in [0.717, 1.165) is 37.5 Å². The van der Waals surface area contributed by atoms with Crippen molar-refractivity contribution in [3.8, 4) is 0 Å². The summed E-state index contributed by atoms with van der Waals surface area (Å²) in [6.45, 7) is 3.20. The van der Waals surface area contributed by atoms with E-state index >= 15 is 0 Å². The molecule has 0 spiro atoms.